The molecule has 1 amide bonds. The molecule has 3 rings (SSSR count). The van der Waals surface area contributed by atoms with Crippen molar-refractivity contribution in [3.8, 4) is 0 Å². The average Bonchev–Trinajstić information content (AvgIpc) is 2.89. The SMILES string of the molecule is CN(C(=O)c1ccnc(F)c1)C1CCc2ccccc21. The monoisotopic (exact) mass is 270 g/mol. The van der Waals surface area contributed by atoms with Gasteiger partial charge in [-0.25, -0.2) is 4.98 Å². The van der Waals surface area contributed by atoms with Gasteiger partial charge in [0.1, 0.15) is 0 Å². The highest BCUT2D eigenvalue weighted by Crippen LogP contribution is 2.35. The summed E-state index contributed by atoms with van der Waals surface area (Å²) in [6.07, 6.45) is 3.21. The summed E-state index contributed by atoms with van der Waals surface area (Å²) in [4.78, 5) is 17.6. The zero-order valence-corrected chi connectivity index (χ0v) is 11.2. The number of fused-ring (bicyclic) bond motifs is 1. The molecule has 1 heterocycles. The van der Waals surface area contributed by atoms with Gasteiger partial charge in [0.25, 0.3) is 5.91 Å². The number of hydrogen-bond acceptors (Lipinski definition) is 2. The van der Waals surface area contributed by atoms with Crippen molar-refractivity contribution in [1.82, 2.24) is 9.88 Å². The molecule has 1 aromatic heterocycles. The maximum Gasteiger partial charge on any atom is 0.254 e. The molecule has 3 nitrogen and oxygen atoms in total. The third-order valence-electron chi connectivity index (χ3n) is 3.86. The largest absolute Gasteiger partial charge is 0.335 e. The second-order valence-corrected chi connectivity index (χ2v) is 5.04. The number of amides is 1. The number of benzene rings is 1. The molecule has 0 aliphatic heterocycles. The van der Waals surface area contributed by atoms with E-state index in [1.165, 1.54) is 23.4 Å². The van der Waals surface area contributed by atoms with Crippen molar-refractivity contribution in [1.29, 1.82) is 0 Å². The smallest absolute Gasteiger partial charge is 0.254 e. The Morgan fingerprint density at radius 1 is 1.35 bits per heavy atom. The molecule has 0 N–H and O–H groups in total. The van der Waals surface area contributed by atoms with E-state index in [2.05, 4.69) is 17.1 Å². The number of carbonyl (C=O) groups is 1. The zero-order valence-electron chi connectivity index (χ0n) is 11.2. The first-order valence-corrected chi connectivity index (χ1v) is 6.63. The third kappa shape index (κ3) is 2.18. The fourth-order valence-electron chi connectivity index (χ4n) is 2.82. The molecule has 0 saturated heterocycles. The molecule has 1 atom stereocenters. The van der Waals surface area contributed by atoms with E-state index in [0.717, 1.165) is 12.8 Å². The molecule has 1 aliphatic rings. The Hall–Kier alpha value is -2.23. The highest BCUT2D eigenvalue weighted by Gasteiger charge is 2.28. The average molecular weight is 270 g/mol. The molecule has 1 aromatic carbocycles. The normalized spacial score (nSPS) is 16.8. The second kappa shape index (κ2) is 5.04. The molecule has 1 aliphatic carbocycles. The number of nitrogens with zero attached hydrogens (tertiary/aromatic N) is 2. The predicted octanol–water partition coefficient (Wildman–Crippen LogP) is 2.98. The second-order valence-electron chi connectivity index (χ2n) is 5.04. The number of aryl methyl sites for hydroxylation is 1. The van der Waals surface area contributed by atoms with Crippen LogP contribution in [0.1, 0.15) is 33.9 Å². The van der Waals surface area contributed by atoms with E-state index in [1.54, 1.807) is 18.0 Å². The quantitative estimate of drug-likeness (QED) is 0.786. The summed E-state index contributed by atoms with van der Waals surface area (Å²) in [6, 6.07) is 10.9. The van der Waals surface area contributed by atoms with Crippen LogP contribution in [0.3, 0.4) is 0 Å². The topological polar surface area (TPSA) is 33.2 Å². The number of halogens is 1. The van der Waals surface area contributed by atoms with E-state index >= 15 is 0 Å². The molecule has 1 unspecified atom stereocenters. The van der Waals surface area contributed by atoms with E-state index in [9.17, 15) is 9.18 Å². The Kier molecular flexibility index (Phi) is 3.22. The standard InChI is InChI=1S/C16H15FN2O/c1-19(16(20)12-8-9-18-15(17)10-12)14-7-6-11-4-2-3-5-13(11)14/h2-5,8-10,14H,6-7H2,1H3. The molecule has 0 saturated carbocycles. The van der Waals surface area contributed by atoms with Crippen LogP contribution < -0.4 is 0 Å². The van der Waals surface area contributed by atoms with Crippen LogP contribution in [0, 0.1) is 5.95 Å². The van der Waals surface area contributed by atoms with E-state index in [1.807, 2.05) is 12.1 Å². The van der Waals surface area contributed by atoms with Gasteiger partial charge in [-0.05, 0) is 30.0 Å². The van der Waals surface area contributed by atoms with Crippen LogP contribution >= 0.6 is 0 Å². The number of aromatic nitrogens is 1. The van der Waals surface area contributed by atoms with Gasteiger partial charge in [0.2, 0.25) is 5.95 Å². The van der Waals surface area contributed by atoms with E-state index in [4.69, 9.17) is 0 Å². The number of hydrogen-bond donors (Lipinski definition) is 0. The summed E-state index contributed by atoms with van der Waals surface area (Å²) >= 11 is 0. The Bertz CT molecular complexity index is 656. The summed E-state index contributed by atoms with van der Waals surface area (Å²) in [6.45, 7) is 0. The van der Waals surface area contributed by atoms with E-state index < -0.39 is 5.95 Å². The lowest BCUT2D eigenvalue weighted by molar-refractivity contribution is 0.0730. The Balaban J connectivity index is 1.87. The first-order chi connectivity index (χ1) is 9.66. The third-order valence-corrected chi connectivity index (χ3v) is 3.86. The molecule has 20 heavy (non-hydrogen) atoms. The lowest BCUT2D eigenvalue weighted by atomic mass is 10.1. The maximum absolute atomic E-state index is 13.1. The van der Waals surface area contributed by atoms with Crippen LogP contribution in [0.5, 0.6) is 0 Å². The van der Waals surface area contributed by atoms with Crippen LogP contribution in [0.15, 0.2) is 42.6 Å². The van der Waals surface area contributed by atoms with Crippen molar-refractivity contribution < 1.29 is 9.18 Å². The zero-order chi connectivity index (χ0) is 14.1. The predicted molar refractivity (Wildman–Crippen MR) is 73.8 cm³/mol. The molecular formula is C16H15FN2O. The molecule has 0 bridgehead atoms. The van der Waals surface area contributed by atoms with Crippen molar-refractivity contribution in [2.75, 3.05) is 7.05 Å². The van der Waals surface area contributed by atoms with Crippen molar-refractivity contribution in [3.05, 3.63) is 65.2 Å². The Morgan fingerprint density at radius 2 is 2.15 bits per heavy atom. The fourth-order valence-corrected chi connectivity index (χ4v) is 2.82. The summed E-state index contributed by atoms with van der Waals surface area (Å²) < 4.78 is 13.1. The van der Waals surface area contributed by atoms with Crippen molar-refractivity contribution >= 4 is 5.91 Å². The van der Waals surface area contributed by atoms with Gasteiger partial charge >= 0.3 is 0 Å². The van der Waals surface area contributed by atoms with Crippen molar-refractivity contribution in [2.45, 2.75) is 18.9 Å². The van der Waals surface area contributed by atoms with E-state index in [0.29, 0.717) is 5.56 Å². The molecule has 0 radical (unpaired) electrons. The summed E-state index contributed by atoms with van der Waals surface area (Å²) in [5, 5.41) is 0. The van der Waals surface area contributed by atoms with Crippen LogP contribution in [-0.2, 0) is 6.42 Å². The lowest BCUT2D eigenvalue weighted by Gasteiger charge is -2.25. The van der Waals surface area contributed by atoms with Gasteiger partial charge in [-0.15, -0.1) is 0 Å². The van der Waals surface area contributed by atoms with Crippen molar-refractivity contribution in [2.24, 2.45) is 0 Å². The summed E-state index contributed by atoms with van der Waals surface area (Å²) in [5.41, 5.74) is 2.82. The highest BCUT2D eigenvalue weighted by molar-refractivity contribution is 5.94. The number of pyridine rings is 1. The molecular weight excluding hydrogens is 255 g/mol. The molecule has 0 spiro atoms. The number of carbonyl (C=O) groups excluding carboxylic acids is 1. The Labute approximate surface area is 117 Å². The van der Waals surface area contributed by atoms with Gasteiger partial charge in [-0.3, -0.25) is 4.79 Å². The van der Waals surface area contributed by atoms with Gasteiger partial charge in [0.15, 0.2) is 0 Å². The number of rotatable bonds is 2. The first-order valence-electron chi connectivity index (χ1n) is 6.63. The minimum atomic E-state index is -0.629. The van der Waals surface area contributed by atoms with E-state index in [-0.39, 0.29) is 11.9 Å². The lowest BCUT2D eigenvalue weighted by Crippen LogP contribution is -2.30. The molecule has 0 fully saturated rings. The van der Waals surface area contributed by atoms with Gasteiger partial charge in [0.05, 0.1) is 6.04 Å². The van der Waals surface area contributed by atoms with Crippen LogP contribution in [-0.4, -0.2) is 22.8 Å². The molecule has 2 aromatic rings. The minimum absolute atomic E-state index is 0.0647. The van der Waals surface area contributed by atoms with Crippen LogP contribution in [0.2, 0.25) is 0 Å². The Morgan fingerprint density at radius 3 is 2.95 bits per heavy atom. The maximum atomic E-state index is 13.1. The van der Waals surface area contributed by atoms with Gasteiger partial charge < -0.3 is 4.90 Å². The van der Waals surface area contributed by atoms with Gasteiger partial charge in [0, 0.05) is 24.9 Å². The van der Waals surface area contributed by atoms with Gasteiger partial charge in [-0.2, -0.15) is 4.39 Å². The highest BCUT2D eigenvalue weighted by atomic mass is 19.1. The molecule has 102 valence electrons. The van der Waals surface area contributed by atoms with Gasteiger partial charge in [-0.1, -0.05) is 24.3 Å². The summed E-state index contributed by atoms with van der Waals surface area (Å²) in [5.74, 6) is -0.802. The van der Waals surface area contributed by atoms with Crippen LogP contribution in [0.25, 0.3) is 0 Å². The van der Waals surface area contributed by atoms with Crippen molar-refractivity contribution in [3.63, 3.8) is 0 Å². The fraction of sp³-hybridized carbons (Fsp3) is 0.250. The van der Waals surface area contributed by atoms with Crippen LogP contribution in [0.4, 0.5) is 4.39 Å². The minimum Gasteiger partial charge on any atom is -0.335 e. The summed E-state index contributed by atoms with van der Waals surface area (Å²) in [7, 11) is 1.77. The molecule has 4 heteroatoms. The first kappa shape index (κ1) is 12.8.